The number of carbonyl (C=O) groups is 2. The van der Waals surface area contributed by atoms with Crippen molar-refractivity contribution in [3.8, 4) is 11.5 Å². The van der Waals surface area contributed by atoms with Gasteiger partial charge in [-0.05, 0) is 36.1 Å². The lowest BCUT2D eigenvalue weighted by Gasteiger charge is -2.18. The van der Waals surface area contributed by atoms with Gasteiger partial charge in [0.2, 0.25) is 0 Å². The van der Waals surface area contributed by atoms with Crippen LogP contribution in [0.5, 0.6) is 11.5 Å². The summed E-state index contributed by atoms with van der Waals surface area (Å²) in [5.74, 6) is -1.05. The number of carbonyl (C=O) groups excluding carboxylic acids is 2. The van der Waals surface area contributed by atoms with Gasteiger partial charge in [0.05, 0.1) is 46.2 Å². The zero-order valence-corrected chi connectivity index (χ0v) is 21.9. The number of benzene rings is 3. The summed E-state index contributed by atoms with van der Waals surface area (Å²) in [6.07, 6.45) is 1.56. The van der Waals surface area contributed by atoms with Crippen LogP contribution in [0, 0.1) is 0 Å². The van der Waals surface area contributed by atoms with Crippen molar-refractivity contribution >= 4 is 11.9 Å². The Labute approximate surface area is 223 Å². The predicted octanol–water partition coefficient (Wildman–Crippen LogP) is 4.54. The smallest absolute Gasteiger partial charge is 0.342 e. The fourth-order valence-corrected chi connectivity index (χ4v) is 3.69. The van der Waals surface area contributed by atoms with Crippen LogP contribution < -0.4 is 9.47 Å². The van der Waals surface area contributed by atoms with Gasteiger partial charge >= 0.3 is 11.9 Å². The lowest BCUT2D eigenvalue weighted by Crippen LogP contribution is -2.17. The summed E-state index contributed by atoms with van der Waals surface area (Å²) >= 11 is 0. The van der Waals surface area contributed by atoms with Crippen molar-refractivity contribution in [1.29, 1.82) is 0 Å². The summed E-state index contributed by atoms with van der Waals surface area (Å²) in [6, 6.07) is 23.1. The maximum absolute atomic E-state index is 12.6. The van der Waals surface area contributed by atoms with Crippen LogP contribution >= 0.6 is 0 Å². The zero-order valence-electron chi connectivity index (χ0n) is 21.9. The SMILES string of the molecule is COC(=O)c1ccc(OCCOCCc2ccccc2)c(OCCOCCc2ccccc2)c1C(=O)OC. The minimum atomic E-state index is -0.741. The number of hydrogen-bond acceptors (Lipinski definition) is 8. The van der Waals surface area contributed by atoms with E-state index >= 15 is 0 Å². The molecule has 0 fully saturated rings. The zero-order chi connectivity index (χ0) is 27.0. The fraction of sp³-hybridized carbons (Fsp3) is 0.333. The maximum Gasteiger partial charge on any atom is 0.342 e. The summed E-state index contributed by atoms with van der Waals surface area (Å²) in [5.41, 5.74) is 2.32. The highest BCUT2D eigenvalue weighted by molar-refractivity contribution is 6.05. The minimum absolute atomic E-state index is 0.0193. The van der Waals surface area contributed by atoms with Gasteiger partial charge in [0.15, 0.2) is 11.5 Å². The fourth-order valence-electron chi connectivity index (χ4n) is 3.69. The number of hydrogen-bond donors (Lipinski definition) is 0. The molecule has 0 saturated heterocycles. The molecule has 0 aliphatic heterocycles. The topological polar surface area (TPSA) is 89.5 Å². The highest BCUT2D eigenvalue weighted by atomic mass is 16.6. The van der Waals surface area contributed by atoms with Crippen molar-refractivity contribution in [2.75, 3.05) is 53.9 Å². The van der Waals surface area contributed by atoms with Crippen LogP contribution in [0.4, 0.5) is 0 Å². The average molecular weight is 523 g/mol. The first-order valence-corrected chi connectivity index (χ1v) is 12.5. The monoisotopic (exact) mass is 522 g/mol. The van der Waals surface area contributed by atoms with Gasteiger partial charge in [-0.3, -0.25) is 0 Å². The molecule has 0 aliphatic carbocycles. The molecule has 0 radical (unpaired) electrons. The molecule has 3 aromatic rings. The van der Waals surface area contributed by atoms with E-state index in [2.05, 4.69) is 0 Å². The molecule has 8 heteroatoms. The van der Waals surface area contributed by atoms with E-state index in [1.54, 1.807) is 6.07 Å². The van der Waals surface area contributed by atoms with Crippen LogP contribution in [0.1, 0.15) is 31.8 Å². The van der Waals surface area contributed by atoms with Crippen molar-refractivity contribution in [2.45, 2.75) is 12.8 Å². The summed E-state index contributed by atoms with van der Waals surface area (Å²) in [5, 5.41) is 0. The standard InChI is InChI=1S/C30H34O8/c1-33-29(31)25-13-14-26(37-21-19-35-17-15-23-9-5-3-6-10-23)28(27(25)30(32)34-2)38-22-20-36-18-16-24-11-7-4-8-12-24/h3-14H,15-22H2,1-2H3. The van der Waals surface area contributed by atoms with Crippen LogP contribution in [0.2, 0.25) is 0 Å². The summed E-state index contributed by atoms with van der Waals surface area (Å²) in [7, 11) is 2.47. The van der Waals surface area contributed by atoms with Crippen LogP contribution in [0.15, 0.2) is 72.8 Å². The van der Waals surface area contributed by atoms with Gasteiger partial charge in [-0.2, -0.15) is 0 Å². The van der Waals surface area contributed by atoms with Gasteiger partial charge in [0.25, 0.3) is 0 Å². The molecule has 0 amide bonds. The molecule has 38 heavy (non-hydrogen) atoms. The third kappa shape index (κ3) is 8.90. The molecule has 0 aliphatic rings. The van der Waals surface area contributed by atoms with Crippen molar-refractivity contribution < 1.29 is 38.0 Å². The molecular formula is C30H34O8. The molecule has 0 bridgehead atoms. The van der Waals surface area contributed by atoms with Crippen LogP contribution in [-0.4, -0.2) is 65.8 Å². The first-order chi connectivity index (χ1) is 18.6. The van der Waals surface area contributed by atoms with Crippen LogP contribution in [-0.2, 0) is 31.8 Å². The van der Waals surface area contributed by atoms with Crippen LogP contribution in [0.3, 0.4) is 0 Å². The summed E-state index contributed by atoms with van der Waals surface area (Å²) in [4.78, 5) is 25.0. The molecule has 0 N–H and O–H groups in total. The van der Waals surface area contributed by atoms with Gasteiger partial charge in [-0.25, -0.2) is 9.59 Å². The molecule has 0 atom stereocenters. The van der Waals surface area contributed by atoms with Gasteiger partial charge in [-0.15, -0.1) is 0 Å². The van der Waals surface area contributed by atoms with E-state index in [0.717, 1.165) is 12.8 Å². The molecule has 0 spiro atoms. The Morgan fingerprint density at radius 2 is 1.11 bits per heavy atom. The lowest BCUT2D eigenvalue weighted by molar-refractivity contribution is 0.0545. The Bertz CT molecular complexity index is 1130. The highest BCUT2D eigenvalue weighted by Crippen LogP contribution is 2.35. The average Bonchev–Trinajstić information content (AvgIpc) is 2.97. The van der Waals surface area contributed by atoms with E-state index in [1.165, 1.54) is 31.4 Å². The second-order valence-corrected chi connectivity index (χ2v) is 8.19. The molecule has 3 rings (SSSR count). The first kappa shape index (κ1) is 28.7. The van der Waals surface area contributed by atoms with E-state index in [4.69, 9.17) is 28.4 Å². The highest BCUT2D eigenvalue weighted by Gasteiger charge is 2.27. The molecule has 3 aromatic carbocycles. The number of ether oxygens (including phenoxy) is 6. The van der Waals surface area contributed by atoms with Gasteiger partial charge in [-0.1, -0.05) is 60.7 Å². The Hall–Kier alpha value is -3.88. The van der Waals surface area contributed by atoms with Crippen molar-refractivity contribution in [3.05, 3.63) is 95.1 Å². The minimum Gasteiger partial charge on any atom is -0.487 e. The molecule has 0 heterocycles. The third-order valence-electron chi connectivity index (χ3n) is 5.63. The Kier molecular flexibility index (Phi) is 12.1. The van der Waals surface area contributed by atoms with E-state index < -0.39 is 11.9 Å². The van der Waals surface area contributed by atoms with Crippen molar-refractivity contribution in [3.63, 3.8) is 0 Å². The maximum atomic E-state index is 12.6. The van der Waals surface area contributed by atoms with E-state index in [1.807, 2.05) is 60.7 Å². The van der Waals surface area contributed by atoms with Gasteiger partial charge in [0, 0.05) is 0 Å². The second-order valence-electron chi connectivity index (χ2n) is 8.19. The number of methoxy groups -OCH3 is 2. The Balaban J connectivity index is 1.60. The van der Waals surface area contributed by atoms with E-state index in [0.29, 0.717) is 19.8 Å². The third-order valence-corrected chi connectivity index (χ3v) is 5.63. The molecular weight excluding hydrogens is 488 g/mol. The van der Waals surface area contributed by atoms with Crippen LogP contribution in [0.25, 0.3) is 0 Å². The Morgan fingerprint density at radius 3 is 1.63 bits per heavy atom. The lowest BCUT2D eigenvalue weighted by atomic mass is 10.1. The largest absolute Gasteiger partial charge is 0.487 e. The molecule has 0 aromatic heterocycles. The van der Waals surface area contributed by atoms with Gasteiger partial charge in [0.1, 0.15) is 18.8 Å². The second kappa shape index (κ2) is 16.1. The molecule has 202 valence electrons. The summed E-state index contributed by atoms with van der Waals surface area (Å²) in [6.45, 7) is 2.03. The first-order valence-electron chi connectivity index (χ1n) is 12.5. The normalized spacial score (nSPS) is 10.6. The van der Waals surface area contributed by atoms with E-state index in [9.17, 15) is 9.59 Å². The Morgan fingerprint density at radius 1 is 0.579 bits per heavy atom. The van der Waals surface area contributed by atoms with Crippen molar-refractivity contribution in [1.82, 2.24) is 0 Å². The van der Waals surface area contributed by atoms with Crippen molar-refractivity contribution in [2.24, 2.45) is 0 Å². The summed E-state index contributed by atoms with van der Waals surface area (Å²) < 4.78 is 32.9. The van der Waals surface area contributed by atoms with Gasteiger partial charge < -0.3 is 28.4 Å². The molecule has 0 unspecified atom stereocenters. The number of esters is 2. The quantitative estimate of drug-likeness (QED) is 0.200. The molecule has 0 saturated carbocycles. The molecule has 8 nitrogen and oxygen atoms in total. The van der Waals surface area contributed by atoms with E-state index in [-0.39, 0.29) is 42.4 Å². The predicted molar refractivity (Wildman–Crippen MR) is 142 cm³/mol. The number of rotatable bonds is 16.